The number of hydrogen-bond donors (Lipinski definition) is 1. The highest BCUT2D eigenvalue weighted by molar-refractivity contribution is 6.10. The number of benzene rings is 2. The van der Waals surface area contributed by atoms with Crippen molar-refractivity contribution in [2.45, 2.75) is 12.9 Å². The Labute approximate surface area is 123 Å². The molecule has 114 valence electrons. The first-order chi connectivity index (χ1) is 10.3. The minimum absolute atomic E-state index is 0.0189. The second kappa shape index (κ2) is 4.94. The summed E-state index contributed by atoms with van der Waals surface area (Å²) in [5.74, 6) is -0.649. The van der Waals surface area contributed by atoms with E-state index >= 15 is 0 Å². The molecule has 7 heteroatoms. The molecule has 0 fully saturated rings. The number of fused-ring (bicyclic) bond motifs is 1. The normalized spacial score (nSPS) is 14.1. The van der Waals surface area contributed by atoms with Crippen molar-refractivity contribution < 1.29 is 27.8 Å². The summed E-state index contributed by atoms with van der Waals surface area (Å²) in [6.07, 6.45) is -4.76. The maximum atomic E-state index is 12.3. The van der Waals surface area contributed by atoms with Gasteiger partial charge in [-0.15, -0.1) is 13.2 Å². The summed E-state index contributed by atoms with van der Waals surface area (Å²) in [5, 5.41) is 9.76. The van der Waals surface area contributed by atoms with E-state index in [1.807, 2.05) is 0 Å². The average molecular weight is 309 g/mol. The van der Waals surface area contributed by atoms with Crippen molar-refractivity contribution in [2.75, 3.05) is 4.90 Å². The largest absolute Gasteiger partial charge is 0.573 e. The van der Waals surface area contributed by atoms with E-state index in [0.29, 0.717) is 16.8 Å². The summed E-state index contributed by atoms with van der Waals surface area (Å²) >= 11 is 0. The Kier molecular flexibility index (Phi) is 3.20. The van der Waals surface area contributed by atoms with Crippen molar-refractivity contribution >= 4 is 11.6 Å². The molecule has 0 bridgehead atoms. The van der Waals surface area contributed by atoms with E-state index in [1.165, 1.54) is 23.1 Å². The number of phenols is 1. The molecule has 0 radical (unpaired) electrons. The van der Waals surface area contributed by atoms with Gasteiger partial charge in [-0.05, 0) is 36.4 Å². The molecule has 1 heterocycles. The topological polar surface area (TPSA) is 49.8 Å². The highest BCUT2D eigenvalue weighted by atomic mass is 19.4. The quantitative estimate of drug-likeness (QED) is 0.924. The van der Waals surface area contributed by atoms with Crippen LogP contribution in [-0.2, 0) is 6.54 Å². The van der Waals surface area contributed by atoms with Crippen molar-refractivity contribution in [3.8, 4) is 11.5 Å². The fourth-order valence-corrected chi connectivity index (χ4v) is 2.35. The van der Waals surface area contributed by atoms with E-state index < -0.39 is 6.36 Å². The van der Waals surface area contributed by atoms with Crippen LogP contribution in [0.4, 0.5) is 18.9 Å². The van der Waals surface area contributed by atoms with Gasteiger partial charge in [0.1, 0.15) is 11.5 Å². The Balaban J connectivity index is 1.85. The van der Waals surface area contributed by atoms with Gasteiger partial charge in [0.2, 0.25) is 0 Å². The first-order valence-corrected chi connectivity index (χ1v) is 6.34. The predicted octanol–water partition coefficient (Wildman–Crippen LogP) is 3.45. The van der Waals surface area contributed by atoms with Crippen LogP contribution < -0.4 is 9.64 Å². The Morgan fingerprint density at radius 1 is 1.09 bits per heavy atom. The molecule has 0 aromatic heterocycles. The number of hydrogen-bond acceptors (Lipinski definition) is 3. The lowest BCUT2D eigenvalue weighted by Gasteiger charge is -2.16. The molecule has 1 aliphatic heterocycles. The highest BCUT2D eigenvalue weighted by Crippen LogP contribution is 2.34. The first kappa shape index (κ1) is 14.2. The zero-order chi connectivity index (χ0) is 15.9. The monoisotopic (exact) mass is 309 g/mol. The maximum absolute atomic E-state index is 12.3. The second-order valence-corrected chi connectivity index (χ2v) is 4.74. The van der Waals surface area contributed by atoms with E-state index in [4.69, 9.17) is 0 Å². The third-order valence-corrected chi connectivity index (χ3v) is 3.33. The number of nitrogens with zero attached hydrogens (tertiary/aromatic N) is 1. The van der Waals surface area contributed by atoms with E-state index in [0.717, 1.165) is 12.1 Å². The summed E-state index contributed by atoms with van der Waals surface area (Å²) < 4.78 is 40.1. The van der Waals surface area contributed by atoms with Crippen LogP contribution in [0.25, 0.3) is 0 Å². The van der Waals surface area contributed by atoms with Gasteiger partial charge in [0.25, 0.3) is 5.91 Å². The Morgan fingerprint density at radius 2 is 1.77 bits per heavy atom. The predicted molar refractivity (Wildman–Crippen MR) is 71.7 cm³/mol. The average Bonchev–Trinajstić information content (AvgIpc) is 2.77. The molecule has 0 saturated carbocycles. The van der Waals surface area contributed by atoms with Crippen molar-refractivity contribution in [3.05, 3.63) is 53.6 Å². The summed E-state index contributed by atoms with van der Waals surface area (Å²) in [6.45, 7) is 0.167. The highest BCUT2D eigenvalue weighted by Gasteiger charge is 2.32. The molecule has 0 atom stereocenters. The lowest BCUT2D eigenvalue weighted by atomic mass is 10.1. The molecule has 2 aromatic rings. The van der Waals surface area contributed by atoms with Crippen LogP contribution in [0, 0.1) is 0 Å². The van der Waals surface area contributed by atoms with Crippen molar-refractivity contribution in [2.24, 2.45) is 0 Å². The molecule has 0 spiro atoms. The summed E-state index contributed by atoms with van der Waals surface area (Å²) in [4.78, 5) is 13.6. The van der Waals surface area contributed by atoms with Gasteiger partial charge in [0, 0.05) is 16.8 Å². The zero-order valence-corrected chi connectivity index (χ0v) is 11.1. The molecule has 0 aliphatic carbocycles. The van der Waals surface area contributed by atoms with Gasteiger partial charge in [0.15, 0.2) is 0 Å². The number of carbonyl (C=O) groups is 1. The second-order valence-electron chi connectivity index (χ2n) is 4.74. The lowest BCUT2D eigenvalue weighted by Crippen LogP contribution is -2.23. The maximum Gasteiger partial charge on any atom is 0.573 e. The van der Waals surface area contributed by atoms with E-state index in [9.17, 15) is 23.1 Å². The van der Waals surface area contributed by atoms with Gasteiger partial charge in [0.05, 0.1) is 6.54 Å². The van der Waals surface area contributed by atoms with Crippen molar-refractivity contribution in [1.29, 1.82) is 0 Å². The number of anilines is 1. The molecule has 1 amide bonds. The van der Waals surface area contributed by atoms with Crippen molar-refractivity contribution in [3.63, 3.8) is 0 Å². The molecule has 3 rings (SSSR count). The number of amides is 1. The van der Waals surface area contributed by atoms with Crippen LogP contribution in [0.2, 0.25) is 0 Å². The molecule has 22 heavy (non-hydrogen) atoms. The SMILES string of the molecule is O=C1c2cccc(O)c2CN1c1ccc(OC(F)(F)F)cc1. The van der Waals surface area contributed by atoms with Gasteiger partial charge < -0.3 is 14.7 Å². The molecule has 4 nitrogen and oxygen atoms in total. The van der Waals surface area contributed by atoms with E-state index in [2.05, 4.69) is 4.74 Å². The Bertz CT molecular complexity index is 726. The summed E-state index contributed by atoms with van der Waals surface area (Å²) in [7, 11) is 0. The van der Waals surface area contributed by atoms with E-state index in [-0.39, 0.29) is 24.0 Å². The van der Waals surface area contributed by atoms with Gasteiger partial charge in [-0.3, -0.25) is 4.79 Å². The van der Waals surface area contributed by atoms with Crippen LogP contribution in [0.5, 0.6) is 11.5 Å². The van der Waals surface area contributed by atoms with Crippen LogP contribution in [0.3, 0.4) is 0 Å². The van der Waals surface area contributed by atoms with Gasteiger partial charge >= 0.3 is 6.36 Å². The third-order valence-electron chi connectivity index (χ3n) is 3.33. The van der Waals surface area contributed by atoms with Crippen LogP contribution in [0.15, 0.2) is 42.5 Å². The fourth-order valence-electron chi connectivity index (χ4n) is 2.35. The molecular weight excluding hydrogens is 299 g/mol. The summed E-state index contributed by atoms with van der Waals surface area (Å²) in [6, 6.07) is 9.64. The summed E-state index contributed by atoms with van der Waals surface area (Å²) in [5.41, 5.74) is 1.31. The van der Waals surface area contributed by atoms with Crippen LogP contribution in [0.1, 0.15) is 15.9 Å². The zero-order valence-electron chi connectivity index (χ0n) is 11.1. The number of halogens is 3. The minimum atomic E-state index is -4.76. The van der Waals surface area contributed by atoms with Gasteiger partial charge in [-0.2, -0.15) is 0 Å². The van der Waals surface area contributed by atoms with Crippen molar-refractivity contribution in [1.82, 2.24) is 0 Å². The number of ether oxygens (including phenoxy) is 1. The molecular formula is C15H10F3NO3. The van der Waals surface area contributed by atoms with E-state index in [1.54, 1.807) is 12.1 Å². The smallest absolute Gasteiger partial charge is 0.508 e. The number of alkyl halides is 3. The molecule has 1 aliphatic rings. The molecule has 2 aromatic carbocycles. The minimum Gasteiger partial charge on any atom is -0.508 e. The number of carbonyl (C=O) groups excluding carboxylic acids is 1. The standard InChI is InChI=1S/C15H10F3NO3/c16-15(17,18)22-10-6-4-9(5-7-10)19-8-12-11(14(19)21)2-1-3-13(12)20/h1-7,20H,8H2. The van der Waals surface area contributed by atoms with Gasteiger partial charge in [-0.25, -0.2) is 0 Å². The first-order valence-electron chi connectivity index (χ1n) is 6.34. The number of aromatic hydroxyl groups is 1. The molecule has 0 unspecified atom stereocenters. The molecule has 1 N–H and O–H groups in total. The molecule has 0 saturated heterocycles. The Morgan fingerprint density at radius 3 is 2.36 bits per heavy atom. The van der Waals surface area contributed by atoms with Crippen LogP contribution in [-0.4, -0.2) is 17.4 Å². The number of rotatable bonds is 2. The van der Waals surface area contributed by atoms with Crippen LogP contribution >= 0.6 is 0 Å². The number of phenolic OH excluding ortho intramolecular Hbond substituents is 1. The Hall–Kier alpha value is -2.70. The van der Waals surface area contributed by atoms with Gasteiger partial charge in [-0.1, -0.05) is 6.07 Å². The lowest BCUT2D eigenvalue weighted by molar-refractivity contribution is -0.274. The third kappa shape index (κ3) is 2.57. The fraction of sp³-hybridized carbons (Fsp3) is 0.133.